The summed E-state index contributed by atoms with van der Waals surface area (Å²) in [6.45, 7) is 19.8. The Hall–Kier alpha value is -0.330. The van der Waals surface area contributed by atoms with Crippen LogP contribution in [0.2, 0.25) is 0 Å². The first-order chi connectivity index (χ1) is 14.9. The number of hydrogen-bond donors (Lipinski definition) is 0. The molecular formula is C31H52O. The van der Waals surface area contributed by atoms with Crippen molar-refractivity contribution in [1.82, 2.24) is 0 Å². The molecule has 0 saturated heterocycles. The largest absolute Gasteiger partial charge is 0.299 e. The lowest BCUT2D eigenvalue weighted by atomic mass is 9.41. The van der Waals surface area contributed by atoms with Crippen molar-refractivity contribution >= 4 is 5.78 Å². The van der Waals surface area contributed by atoms with Gasteiger partial charge in [-0.05, 0) is 121 Å². The zero-order valence-corrected chi connectivity index (χ0v) is 22.7. The van der Waals surface area contributed by atoms with E-state index in [1.807, 2.05) is 0 Å². The smallest absolute Gasteiger partial charge is 0.135 e. The van der Waals surface area contributed by atoms with Crippen molar-refractivity contribution in [3.8, 4) is 0 Å². The number of rotatable bonds is 5. The van der Waals surface area contributed by atoms with Gasteiger partial charge in [-0.3, -0.25) is 4.79 Å². The van der Waals surface area contributed by atoms with E-state index in [0.717, 1.165) is 36.5 Å². The van der Waals surface area contributed by atoms with Gasteiger partial charge in [-0.25, -0.2) is 0 Å². The van der Waals surface area contributed by atoms with Crippen LogP contribution in [0.15, 0.2) is 0 Å². The molecule has 182 valence electrons. The van der Waals surface area contributed by atoms with Crippen molar-refractivity contribution in [2.24, 2.45) is 62.6 Å². The third kappa shape index (κ3) is 2.72. The first-order valence-corrected chi connectivity index (χ1v) is 14.4. The minimum absolute atomic E-state index is 0.199. The second-order valence-corrected chi connectivity index (χ2v) is 15.0. The van der Waals surface area contributed by atoms with E-state index in [1.54, 1.807) is 6.42 Å². The summed E-state index contributed by atoms with van der Waals surface area (Å²) in [6, 6.07) is 0. The average Bonchev–Trinajstić information content (AvgIpc) is 3.31. The summed E-state index contributed by atoms with van der Waals surface area (Å²) >= 11 is 0. The Bertz CT molecular complexity index is 779. The first kappa shape index (κ1) is 23.4. The van der Waals surface area contributed by atoms with E-state index >= 15 is 0 Å². The molecule has 5 fully saturated rings. The molecule has 0 bridgehead atoms. The molecule has 0 aromatic heterocycles. The normalized spacial score (nSPS) is 51.9. The van der Waals surface area contributed by atoms with Crippen molar-refractivity contribution in [3.63, 3.8) is 0 Å². The van der Waals surface area contributed by atoms with Crippen molar-refractivity contribution in [2.75, 3.05) is 0 Å². The summed E-state index contributed by atoms with van der Waals surface area (Å²) in [6.07, 6.45) is 15.3. The number of Topliss-reactive ketones (excluding diaryl/α,β-unsaturated/α-hetero) is 1. The molecule has 0 amide bonds. The molecule has 1 unspecified atom stereocenters. The van der Waals surface area contributed by atoms with E-state index in [4.69, 9.17) is 0 Å². The lowest BCUT2D eigenvalue weighted by Crippen LogP contribution is -2.56. The molecule has 32 heavy (non-hydrogen) atoms. The second kappa shape index (κ2) is 7.10. The van der Waals surface area contributed by atoms with Crippen LogP contribution in [0.4, 0.5) is 0 Å². The number of hydrogen-bond acceptors (Lipinski definition) is 1. The fourth-order valence-corrected chi connectivity index (χ4v) is 11.4. The van der Waals surface area contributed by atoms with Crippen LogP contribution in [0.5, 0.6) is 0 Å². The van der Waals surface area contributed by atoms with Crippen LogP contribution in [0.1, 0.15) is 126 Å². The predicted octanol–water partition coefficient (Wildman–Crippen LogP) is 8.70. The molecule has 2 spiro atoms. The van der Waals surface area contributed by atoms with Gasteiger partial charge in [0.05, 0.1) is 0 Å². The summed E-state index contributed by atoms with van der Waals surface area (Å²) in [5.41, 5.74) is 2.92. The highest BCUT2D eigenvalue weighted by atomic mass is 16.1. The van der Waals surface area contributed by atoms with Gasteiger partial charge in [0, 0.05) is 12.3 Å². The summed E-state index contributed by atoms with van der Waals surface area (Å²) in [5.74, 6) is 5.01. The van der Waals surface area contributed by atoms with E-state index in [0.29, 0.717) is 38.8 Å². The second-order valence-electron chi connectivity index (χ2n) is 15.0. The molecule has 5 saturated carbocycles. The fraction of sp³-hybridized carbons (Fsp3) is 0.968. The van der Waals surface area contributed by atoms with Crippen LogP contribution in [0.25, 0.3) is 0 Å². The minimum Gasteiger partial charge on any atom is -0.299 e. The molecule has 0 heterocycles. The highest BCUT2D eigenvalue weighted by Crippen LogP contribution is 2.89. The lowest BCUT2D eigenvalue weighted by Gasteiger charge is -2.63. The van der Waals surface area contributed by atoms with E-state index in [-0.39, 0.29) is 5.92 Å². The maximum atomic E-state index is 12.3. The van der Waals surface area contributed by atoms with Gasteiger partial charge in [-0.15, -0.1) is 0 Å². The highest BCUT2D eigenvalue weighted by Gasteiger charge is 2.81. The number of carbonyl (C=O) groups excluding carboxylic acids is 1. The van der Waals surface area contributed by atoms with E-state index in [9.17, 15) is 4.79 Å². The van der Waals surface area contributed by atoms with Gasteiger partial charge in [0.15, 0.2) is 0 Å². The van der Waals surface area contributed by atoms with Crippen molar-refractivity contribution in [3.05, 3.63) is 0 Å². The van der Waals surface area contributed by atoms with Gasteiger partial charge in [-0.2, -0.15) is 0 Å². The van der Waals surface area contributed by atoms with Gasteiger partial charge in [0.2, 0.25) is 0 Å². The fourth-order valence-electron chi connectivity index (χ4n) is 11.4. The summed E-state index contributed by atoms with van der Waals surface area (Å²) in [5, 5.41) is 0. The van der Waals surface area contributed by atoms with Gasteiger partial charge in [0.1, 0.15) is 5.78 Å². The van der Waals surface area contributed by atoms with Gasteiger partial charge in [-0.1, -0.05) is 55.4 Å². The third-order valence-electron chi connectivity index (χ3n) is 13.9. The SMILES string of the molecule is CC(C)C(=O)CC[C@@H](C)[C@H]1CC[C@@]2(C)[C@@H]3CC[C@H]4C(C)(C)C(C)CC[C@@]45C[C@@]35CC[C@]12C. The molecule has 0 aromatic rings. The number of fused-ring (bicyclic) bond motifs is 2. The molecule has 0 aromatic carbocycles. The summed E-state index contributed by atoms with van der Waals surface area (Å²) in [4.78, 5) is 12.3. The Kier molecular flexibility index (Phi) is 5.19. The minimum atomic E-state index is 0.199. The molecule has 5 aliphatic carbocycles. The topological polar surface area (TPSA) is 17.1 Å². The average molecular weight is 441 g/mol. The van der Waals surface area contributed by atoms with Crippen molar-refractivity contribution < 1.29 is 4.79 Å². The first-order valence-electron chi connectivity index (χ1n) is 14.4. The zero-order chi connectivity index (χ0) is 23.3. The maximum Gasteiger partial charge on any atom is 0.135 e. The van der Waals surface area contributed by atoms with Crippen LogP contribution in [0, 0.1) is 62.6 Å². The Morgan fingerprint density at radius 2 is 1.47 bits per heavy atom. The molecule has 5 rings (SSSR count). The molecule has 0 radical (unpaired) electrons. The van der Waals surface area contributed by atoms with E-state index in [2.05, 4.69) is 55.4 Å². The van der Waals surface area contributed by atoms with Crippen LogP contribution >= 0.6 is 0 Å². The molecular weight excluding hydrogens is 388 g/mol. The number of carbonyl (C=O) groups is 1. The summed E-state index contributed by atoms with van der Waals surface area (Å²) < 4.78 is 0. The Labute approximate surface area is 199 Å². The van der Waals surface area contributed by atoms with Gasteiger partial charge in [0.25, 0.3) is 0 Å². The van der Waals surface area contributed by atoms with Crippen molar-refractivity contribution in [2.45, 2.75) is 126 Å². The number of ketones is 1. The van der Waals surface area contributed by atoms with Crippen molar-refractivity contribution in [1.29, 1.82) is 0 Å². The molecule has 1 nitrogen and oxygen atoms in total. The summed E-state index contributed by atoms with van der Waals surface area (Å²) in [7, 11) is 0. The van der Waals surface area contributed by atoms with Crippen LogP contribution in [-0.2, 0) is 4.79 Å². The third-order valence-corrected chi connectivity index (χ3v) is 13.9. The molecule has 5 aliphatic rings. The zero-order valence-electron chi connectivity index (χ0n) is 22.7. The standard InChI is InChI=1S/C31H52O/c1-20(2)24(32)10-9-21(3)23-14-15-29(8)26-12-11-25-27(5,6)22(4)13-16-30(25)19-31(26,30)18-17-28(23,29)7/h20-23,25-26H,9-19H2,1-8H3/t21-,22?,23-,25+,26+,28-,29+,30-,31+/m1/s1. The van der Waals surface area contributed by atoms with Crippen LogP contribution in [0.3, 0.4) is 0 Å². The molecule has 1 heteroatoms. The predicted molar refractivity (Wildman–Crippen MR) is 134 cm³/mol. The van der Waals surface area contributed by atoms with E-state index < -0.39 is 0 Å². The van der Waals surface area contributed by atoms with Gasteiger partial charge < -0.3 is 0 Å². The Balaban J connectivity index is 1.39. The van der Waals surface area contributed by atoms with E-state index in [1.165, 1.54) is 51.4 Å². The van der Waals surface area contributed by atoms with Crippen LogP contribution < -0.4 is 0 Å². The van der Waals surface area contributed by atoms with Gasteiger partial charge >= 0.3 is 0 Å². The highest BCUT2D eigenvalue weighted by molar-refractivity contribution is 5.80. The Morgan fingerprint density at radius 1 is 0.812 bits per heavy atom. The monoisotopic (exact) mass is 440 g/mol. The van der Waals surface area contributed by atoms with Crippen LogP contribution in [-0.4, -0.2) is 5.78 Å². The Morgan fingerprint density at radius 3 is 2.16 bits per heavy atom. The maximum absolute atomic E-state index is 12.3. The lowest BCUT2D eigenvalue weighted by molar-refractivity contribution is -0.149. The quantitative estimate of drug-likeness (QED) is 0.418. The molecule has 0 N–H and O–H groups in total. The molecule has 0 aliphatic heterocycles. The molecule has 9 atom stereocenters.